The van der Waals surface area contributed by atoms with Crippen LogP contribution in [0.15, 0.2) is 39.5 Å². The van der Waals surface area contributed by atoms with Gasteiger partial charge in [0, 0.05) is 5.56 Å². The summed E-state index contributed by atoms with van der Waals surface area (Å²) in [6.45, 7) is 2.00. The number of fused-ring (bicyclic) bond motifs is 1. The average molecular weight is 392 g/mol. The summed E-state index contributed by atoms with van der Waals surface area (Å²) in [5.41, 5.74) is 1.19. The molecule has 1 saturated heterocycles. The van der Waals surface area contributed by atoms with Gasteiger partial charge in [-0.25, -0.2) is 4.68 Å². The zero-order valence-corrected chi connectivity index (χ0v) is 15.8. The van der Waals surface area contributed by atoms with Crippen molar-refractivity contribution in [1.82, 2.24) is 14.7 Å². The zero-order chi connectivity index (χ0) is 20.4. The monoisotopic (exact) mass is 392 g/mol. The Bertz CT molecular complexity index is 1170. The van der Waals surface area contributed by atoms with Gasteiger partial charge < -0.3 is 9.52 Å². The second kappa shape index (κ2) is 7.89. The predicted octanol–water partition coefficient (Wildman–Crippen LogP) is 2.60. The van der Waals surface area contributed by atoms with Gasteiger partial charge in [0.1, 0.15) is 18.0 Å². The molecule has 0 aliphatic carbocycles. The van der Waals surface area contributed by atoms with Crippen LogP contribution in [0, 0.1) is 11.3 Å². The Hall–Kier alpha value is -3.44. The fourth-order valence-electron chi connectivity index (χ4n) is 3.70. The Kier molecular flexibility index (Phi) is 5.14. The molecule has 29 heavy (non-hydrogen) atoms. The molecule has 0 atom stereocenters. The highest BCUT2D eigenvalue weighted by Gasteiger charge is 2.20. The molecule has 3 heterocycles. The summed E-state index contributed by atoms with van der Waals surface area (Å²) in [5.74, 6) is -0.515. The molecule has 8 nitrogen and oxygen atoms in total. The van der Waals surface area contributed by atoms with Crippen molar-refractivity contribution in [3.8, 4) is 17.3 Å². The van der Waals surface area contributed by atoms with Gasteiger partial charge in [0.25, 0.3) is 5.56 Å². The van der Waals surface area contributed by atoms with Crippen LogP contribution in [0.5, 0.6) is 0 Å². The number of piperidine rings is 1. The number of aromatic nitrogens is 2. The molecule has 148 valence electrons. The molecule has 3 aromatic rings. The molecule has 1 aliphatic rings. The van der Waals surface area contributed by atoms with Crippen LogP contribution < -0.4 is 5.56 Å². The zero-order valence-electron chi connectivity index (χ0n) is 15.8. The Labute approximate surface area is 166 Å². The Morgan fingerprint density at radius 3 is 2.76 bits per heavy atom. The lowest BCUT2D eigenvalue weighted by Gasteiger charge is -2.25. The molecule has 0 bridgehead atoms. The summed E-state index contributed by atoms with van der Waals surface area (Å²) in [7, 11) is 0. The lowest BCUT2D eigenvalue weighted by molar-refractivity contribution is -0.137. The molecule has 1 aromatic carbocycles. The largest absolute Gasteiger partial charge is 0.480 e. The van der Waals surface area contributed by atoms with Crippen molar-refractivity contribution in [3.63, 3.8) is 0 Å². The maximum atomic E-state index is 12.8. The lowest BCUT2D eigenvalue weighted by atomic mass is 10.1. The molecule has 0 spiro atoms. The second-order valence-corrected chi connectivity index (χ2v) is 7.19. The van der Waals surface area contributed by atoms with Gasteiger partial charge in [-0.05, 0) is 44.1 Å². The summed E-state index contributed by atoms with van der Waals surface area (Å²) in [5, 5.41) is 22.9. The number of likely N-dealkylation sites (tertiary alicyclic amines) is 1. The van der Waals surface area contributed by atoms with Crippen LogP contribution >= 0.6 is 0 Å². The van der Waals surface area contributed by atoms with Gasteiger partial charge in [-0.15, -0.1) is 0 Å². The van der Waals surface area contributed by atoms with E-state index in [0.29, 0.717) is 40.1 Å². The van der Waals surface area contributed by atoms with Crippen LogP contribution in [0.2, 0.25) is 0 Å². The number of nitriles is 1. The fraction of sp³-hybridized carbons (Fsp3) is 0.333. The minimum atomic E-state index is -1.16. The Morgan fingerprint density at radius 1 is 1.24 bits per heavy atom. The normalized spacial score (nSPS) is 14.7. The quantitative estimate of drug-likeness (QED) is 0.710. The summed E-state index contributed by atoms with van der Waals surface area (Å²) in [6, 6.07) is 10.5. The van der Waals surface area contributed by atoms with E-state index in [-0.39, 0.29) is 0 Å². The molecule has 1 fully saturated rings. The Morgan fingerprint density at radius 2 is 2.03 bits per heavy atom. The van der Waals surface area contributed by atoms with Crippen molar-refractivity contribution in [1.29, 1.82) is 5.26 Å². The number of hydrogen-bond donors (Lipinski definition) is 1. The highest BCUT2D eigenvalue weighted by atomic mass is 16.4. The van der Waals surface area contributed by atoms with E-state index in [9.17, 15) is 14.9 Å². The number of carbonyl (C=O) groups is 1. The first kappa shape index (κ1) is 18.9. The minimum absolute atomic E-state index is 0.297. The summed E-state index contributed by atoms with van der Waals surface area (Å²) in [6.07, 6.45) is 3.50. The molecule has 2 aromatic heterocycles. The molecular formula is C21H20N4O4. The van der Waals surface area contributed by atoms with Gasteiger partial charge in [-0.1, -0.05) is 18.6 Å². The van der Waals surface area contributed by atoms with E-state index in [1.807, 2.05) is 0 Å². The first-order chi connectivity index (χ1) is 14.0. The van der Waals surface area contributed by atoms with Gasteiger partial charge in [0.05, 0.1) is 23.6 Å². The first-order valence-corrected chi connectivity index (χ1v) is 9.53. The van der Waals surface area contributed by atoms with Gasteiger partial charge in [0.15, 0.2) is 5.58 Å². The molecule has 1 N–H and O–H groups in total. The average Bonchev–Trinajstić information content (AvgIpc) is 3.14. The number of carboxylic acid groups (broad SMARTS) is 1. The van der Waals surface area contributed by atoms with E-state index in [0.717, 1.165) is 30.6 Å². The van der Waals surface area contributed by atoms with Crippen LogP contribution in [0.4, 0.5) is 0 Å². The van der Waals surface area contributed by atoms with Crippen LogP contribution in [-0.2, 0) is 17.9 Å². The number of benzene rings is 1. The smallest absolute Gasteiger partial charge is 0.325 e. The molecule has 8 heteroatoms. The maximum Gasteiger partial charge on any atom is 0.325 e. The standard InChI is InChI=1S/C21H20N4O4/c22-11-14-5-4-6-15(9-14)19-20-17(21(28)25(23-19)13-18(26)27)10-16(29-20)12-24-7-2-1-3-8-24/h4-6,9-10H,1-3,7-8,12-13H2,(H,26,27). The molecule has 0 amide bonds. The summed E-state index contributed by atoms with van der Waals surface area (Å²) in [4.78, 5) is 26.3. The van der Waals surface area contributed by atoms with Gasteiger partial charge >= 0.3 is 5.97 Å². The number of furan rings is 1. The number of carboxylic acids is 1. The minimum Gasteiger partial charge on any atom is -0.480 e. The number of rotatable bonds is 5. The third-order valence-corrected chi connectivity index (χ3v) is 5.06. The SMILES string of the molecule is N#Cc1cccc(-c2nn(CC(=O)O)c(=O)c3cc(CN4CCCCC4)oc23)c1. The highest BCUT2D eigenvalue weighted by molar-refractivity contribution is 5.90. The molecule has 4 rings (SSSR count). The van der Waals surface area contributed by atoms with Crippen LogP contribution in [0.25, 0.3) is 22.2 Å². The van der Waals surface area contributed by atoms with Crippen LogP contribution in [-0.4, -0.2) is 38.8 Å². The van der Waals surface area contributed by atoms with Gasteiger partial charge in [-0.3, -0.25) is 14.5 Å². The molecular weight excluding hydrogens is 372 g/mol. The number of aliphatic carboxylic acids is 1. The van der Waals surface area contributed by atoms with E-state index < -0.39 is 18.1 Å². The van der Waals surface area contributed by atoms with E-state index >= 15 is 0 Å². The third kappa shape index (κ3) is 3.91. The van der Waals surface area contributed by atoms with E-state index in [4.69, 9.17) is 9.52 Å². The van der Waals surface area contributed by atoms with Crippen molar-refractivity contribution >= 4 is 16.9 Å². The second-order valence-electron chi connectivity index (χ2n) is 7.19. The summed E-state index contributed by atoms with van der Waals surface area (Å²) >= 11 is 0. The van der Waals surface area contributed by atoms with Crippen LogP contribution in [0.3, 0.4) is 0 Å². The molecule has 0 radical (unpaired) electrons. The van der Waals surface area contributed by atoms with Crippen molar-refractivity contribution < 1.29 is 14.3 Å². The lowest BCUT2D eigenvalue weighted by Crippen LogP contribution is -2.28. The van der Waals surface area contributed by atoms with Crippen LogP contribution in [0.1, 0.15) is 30.6 Å². The molecule has 0 unspecified atom stereocenters. The van der Waals surface area contributed by atoms with Crippen molar-refractivity contribution in [2.24, 2.45) is 0 Å². The fourth-order valence-corrected chi connectivity index (χ4v) is 3.70. The summed E-state index contributed by atoms with van der Waals surface area (Å²) < 4.78 is 6.95. The van der Waals surface area contributed by atoms with Gasteiger partial charge in [-0.2, -0.15) is 10.4 Å². The van der Waals surface area contributed by atoms with E-state index in [1.54, 1.807) is 30.3 Å². The van der Waals surface area contributed by atoms with E-state index in [1.165, 1.54) is 6.42 Å². The topological polar surface area (TPSA) is 112 Å². The number of hydrogen-bond acceptors (Lipinski definition) is 6. The highest BCUT2D eigenvalue weighted by Crippen LogP contribution is 2.28. The van der Waals surface area contributed by atoms with Crippen molar-refractivity contribution in [2.75, 3.05) is 13.1 Å². The molecule has 1 aliphatic heterocycles. The predicted molar refractivity (Wildman–Crippen MR) is 105 cm³/mol. The maximum absolute atomic E-state index is 12.8. The van der Waals surface area contributed by atoms with E-state index in [2.05, 4.69) is 16.1 Å². The Balaban J connectivity index is 1.85. The van der Waals surface area contributed by atoms with Gasteiger partial charge in [0.2, 0.25) is 0 Å². The third-order valence-electron chi connectivity index (χ3n) is 5.06. The first-order valence-electron chi connectivity index (χ1n) is 9.53. The van der Waals surface area contributed by atoms with Crippen molar-refractivity contribution in [3.05, 3.63) is 52.0 Å². The van der Waals surface area contributed by atoms with Crippen molar-refractivity contribution in [2.45, 2.75) is 32.4 Å². The number of nitrogens with zero attached hydrogens (tertiary/aromatic N) is 4. The molecule has 0 saturated carbocycles.